The summed E-state index contributed by atoms with van der Waals surface area (Å²) in [4.78, 5) is 14.9. The second kappa shape index (κ2) is 8.15. The van der Waals surface area contributed by atoms with Gasteiger partial charge < -0.3 is 18.9 Å². The van der Waals surface area contributed by atoms with Crippen molar-refractivity contribution in [3.63, 3.8) is 0 Å². The first-order valence-corrected chi connectivity index (χ1v) is 9.49. The van der Waals surface area contributed by atoms with Gasteiger partial charge in [-0.2, -0.15) is 0 Å². The van der Waals surface area contributed by atoms with Crippen LogP contribution in [0.1, 0.15) is 16.1 Å². The maximum absolute atomic E-state index is 12.9. The van der Waals surface area contributed by atoms with E-state index >= 15 is 0 Å². The number of halogens is 1. The zero-order valence-electron chi connectivity index (χ0n) is 16.0. The highest BCUT2D eigenvalue weighted by molar-refractivity contribution is 9.10. The van der Waals surface area contributed by atoms with Crippen molar-refractivity contribution in [1.29, 1.82) is 0 Å². The van der Waals surface area contributed by atoms with Gasteiger partial charge in [-0.05, 0) is 61.2 Å². The van der Waals surface area contributed by atoms with E-state index in [9.17, 15) is 4.79 Å². The topological polar surface area (TPSA) is 43.7 Å². The molecule has 2 aromatic carbocycles. The fraction of sp³-hybridized carbons (Fsp3) is 0.286. The Morgan fingerprint density at radius 3 is 2.52 bits per heavy atom. The molecule has 1 heterocycles. The van der Waals surface area contributed by atoms with Crippen LogP contribution in [0.25, 0.3) is 16.6 Å². The number of esters is 1. The minimum absolute atomic E-state index is 0.321. The summed E-state index contributed by atoms with van der Waals surface area (Å²) in [5.41, 5.74) is 3.32. The van der Waals surface area contributed by atoms with Gasteiger partial charge in [0.25, 0.3) is 0 Å². The molecule has 0 unspecified atom stereocenters. The number of fused-ring (bicyclic) bond motifs is 1. The lowest BCUT2D eigenvalue weighted by Crippen LogP contribution is -2.20. The molecule has 0 saturated carbocycles. The number of likely N-dealkylation sites (N-methyl/N-ethyl adjacent to an activating group) is 1. The first-order chi connectivity index (χ1) is 12.9. The predicted octanol–water partition coefficient (Wildman–Crippen LogP) is 4.43. The lowest BCUT2D eigenvalue weighted by molar-refractivity contribution is 0.0483. The SMILES string of the molecule is COc1cc2c(C(=O)OCCN(C)C)c(C)n(-c3ccccc3)c2cc1Br. The highest BCUT2D eigenvalue weighted by atomic mass is 79.9. The van der Waals surface area contributed by atoms with Gasteiger partial charge in [-0.3, -0.25) is 0 Å². The molecule has 6 heteroatoms. The third-order valence-electron chi connectivity index (χ3n) is 4.47. The van der Waals surface area contributed by atoms with Crippen LogP contribution >= 0.6 is 15.9 Å². The molecule has 27 heavy (non-hydrogen) atoms. The Kier molecular flexibility index (Phi) is 5.87. The van der Waals surface area contributed by atoms with Gasteiger partial charge in [-0.25, -0.2) is 4.79 Å². The van der Waals surface area contributed by atoms with Gasteiger partial charge in [-0.1, -0.05) is 18.2 Å². The zero-order valence-corrected chi connectivity index (χ0v) is 17.5. The zero-order chi connectivity index (χ0) is 19.6. The number of methoxy groups -OCH3 is 1. The number of aromatic nitrogens is 1. The van der Waals surface area contributed by atoms with E-state index in [1.54, 1.807) is 7.11 Å². The van der Waals surface area contributed by atoms with E-state index in [1.165, 1.54) is 0 Å². The van der Waals surface area contributed by atoms with Crippen LogP contribution in [0.3, 0.4) is 0 Å². The van der Waals surface area contributed by atoms with Gasteiger partial charge in [0.1, 0.15) is 12.4 Å². The van der Waals surface area contributed by atoms with Crippen LogP contribution in [-0.4, -0.2) is 49.8 Å². The molecule has 0 spiro atoms. The average molecular weight is 431 g/mol. The monoisotopic (exact) mass is 430 g/mol. The Bertz CT molecular complexity index is 965. The van der Waals surface area contributed by atoms with Gasteiger partial charge in [0.2, 0.25) is 0 Å². The first-order valence-electron chi connectivity index (χ1n) is 8.70. The van der Waals surface area contributed by atoms with Crippen LogP contribution in [0.5, 0.6) is 5.75 Å². The van der Waals surface area contributed by atoms with Crippen molar-refractivity contribution >= 4 is 32.8 Å². The number of carbonyl (C=O) groups excluding carboxylic acids is 1. The molecule has 0 radical (unpaired) electrons. The molecule has 3 rings (SSSR count). The molecular formula is C21H23BrN2O3. The molecule has 0 aliphatic rings. The normalized spacial score (nSPS) is 11.2. The molecule has 0 aliphatic carbocycles. The van der Waals surface area contributed by atoms with Gasteiger partial charge >= 0.3 is 5.97 Å². The number of hydrogen-bond donors (Lipinski definition) is 0. The molecule has 0 N–H and O–H groups in total. The third kappa shape index (κ3) is 3.87. The number of para-hydroxylation sites is 1. The van der Waals surface area contributed by atoms with Gasteiger partial charge in [-0.15, -0.1) is 0 Å². The van der Waals surface area contributed by atoms with Crippen LogP contribution in [-0.2, 0) is 4.74 Å². The molecule has 3 aromatic rings. The van der Waals surface area contributed by atoms with Crippen molar-refractivity contribution < 1.29 is 14.3 Å². The second-order valence-corrected chi connectivity index (χ2v) is 7.43. The minimum atomic E-state index is -0.321. The predicted molar refractivity (Wildman–Crippen MR) is 111 cm³/mol. The van der Waals surface area contributed by atoms with E-state index in [-0.39, 0.29) is 5.97 Å². The summed E-state index contributed by atoms with van der Waals surface area (Å²) in [6.45, 7) is 2.96. The Morgan fingerprint density at radius 1 is 1.19 bits per heavy atom. The third-order valence-corrected chi connectivity index (χ3v) is 5.09. The van der Waals surface area contributed by atoms with Crippen molar-refractivity contribution in [3.05, 3.63) is 58.2 Å². The summed E-state index contributed by atoms with van der Waals surface area (Å²) in [6, 6.07) is 13.8. The van der Waals surface area contributed by atoms with Gasteiger partial charge in [0.05, 0.1) is 22.7 Å². The molecule has 142 valence electrons. The maximum atomic E-state index is 12.9. The van der Waals surface area contributed by atoms with E-state index in [2.05, 4.69) is 20.5 Å². The molecule has 0 fully saturated rings. The Morgan fingerprint density at radius 2 is 1.89 bits per heavy atom. The summed E-state index contributed by atoms with van der Waals surface area (Å²) in [5, 5.41) is 0.811. The quantitative estimate of drug-likeness (QED) is 0.542. The van der Waals surface area contributed by atoms with Crippen LogP contribution in [0.15, 0.2) is 46.9 Å². The van der Waals surface area contributed by atoms with E-state index in [0.29, 0.717) is 24.5 Å². The summed E-state index contributed by atoms with van der Waals surface area (Å²) in [6.07, 6.45) is 0. The van der Waals surface area contributed by atoms with Crippen molar-refractivity contribution in [2.24, 2.45) is 0 Å². The standard InChI is InChI=1S/C21H23BrN2O3/c1-14-20(21(25)27-11-10-23(2)3)16-12-19(26-4)17(22)13-18(16)24(14)15-8-6-5-7-9-15/h5-9,12-13H,10-11H2,1-4H3. The highest BCUT2D eigenvalue weighted by Crippen LogP contribution is 2.36. The van der Waals surface area contributed by atoms with Crippen molar-refractivity contribution in [2.45, 2.75) is 6.92 Å². The Hall–Kier alpha value is -2.31. The Labute approximate surface area is 167 Å². The summed E-state index contributed by atoms with van der Waals surface area (Å²) >= 11 is 3.55. The van der Waals surface area contributed by atoms with Crippen molar-refractivity contribution in [2.75, 3.05) is 34.4 Å². The summed E-state index contributed by atoms with van der Waals surface area (Å²) in [7, 11) is 5.51. The maximum Gasteiger partial charge on any atom is 0.340 e. The van der Waals surface area contributed by atoms with Crippen LogP contribution < -0.4 is 4.74 Å². The molecule has 5 nitrogen and oxygen atoms in total. The van der Waals surface area contributed by atoms with Gasteiger partial charge in [0, 0.05) is 23.3 Å². The van der Waals surface area contributed by atoms with Gasteiger partial charge in [0.15, 0.2) is 0 Å². The molecule has 0 bridgehead atoms. The lowest BCUT2D eigenvalue weighted by atomic mass is 10.1. The highest BCUT2D eigenvalue weighted by Gasteiger charge is 2.23. The molecule has 0 aliphatic heterocycles. The lowest BCUT2D eigenvalue weighted by Gasteiger charge is -2.11. The van der Waals surface area contributed by atoms with Crippen LogP contribution in [0.2, 0.25) is 0 Å². The number of hydrogen-bond acceptors (Lipinski definition) is 4. The van der Waals surface area contributed by atoms with E-state index in [0.717, 1.165) is 26.8 Å². The molecule has 1 aromatic heterocycles. The smallest absolute Gasteiger partial charge is 0.340 e. The number of rotatable bonds is 6. The molecular weight excluding hydrogens is 408 g/mol. The summed E-state index contributed by atoms with van der Waals surface area (Å²) in [5.74, 6) is 0.355. The van der Waals surface area contributed by atoms with Crippen LogP contribution in [0.4, 0.5) is 0 Å². The van der Waals surface area contributed by atoms with E-state index in [1.807, 2.05) is 68.4 Å². The van der Waals surface area contributed by atoms with E-state index in [4.69, 9.17) is 9.47 Å². The van der Waals surface area contributed by atoms with Crippen molar-refractivity contribution in [1.82, 2.24) is 9.47 Å². The Balaban J connectivity index is 2.17. The molecule has 0 atom stereocenters. The second-order valence-electron chi connectivity index (χ2n) is 6.57. The molecule has 0 amide bonds. The average Bonchev–Trinajstić information content (AvgIpc) is 2.92. The summed E-state index contributed by atoms with van der Waals surface area (Å²) < 4.78 is 13.9. The number of carbonyl (C=O) groups is 1. The largest absolute Gasteiger partial charge is 0.496 e. The number of benzene rings is 2. The van der Waals surface area contributed by atoms with Crippen LogP contribution in [0, 0.1) is 6.92 Å². The fourth-order valence-corrected chi connectivity index (χ4v) is 3.63. The first kappa shape index (κ1) is 19.5. The minimum Gasteiger partial charge on any atom is -0.496 e. The number of nitrogens with zero attached hydrogens (tertiary/aromatic N) is 2. The molecule has 0 saturated heterocycles. The van der Waals surface area contributed by atoms with Crippen molar-refractivity contribution in [3.8, 4) is 11.4 Å². The van der Waals surface area contributed by atoms with E-state index < -0.39 is 0 Å². The fourth-order valence-electron chi connectivity index (χ4n) is 3.13. The number of ether oxygens (including phenoxy) is 2.